The Balaban J connectivity index is 2.79. The highest BCUT2D eigenvalue weighted by Crippen LogP contribution is 2.21. The van der Waals surface area contributed by atoms with Crippen molar-refractivity contribution in [1.82, 2.24) is 4.98 Å². The van der Waals surface area contributed by atoms with E-state index in [-0.39, 0.29) is 5.56 Å². The van der Waals surface area contributed by atoms with Gasteiger partial charge in [-0.1, -0.05) is 0 Å². The van der Waals surface area contributed by atoms with Gasteiger partial charge in [-0.15, -0.1) is 0 Å². The Morgan fingerprint density at radius 2 is 2.20 bits per heavy atom. The number of hydrogen-bond acceptors (Lipinski definition) is 3. The first-order valence-electron chi connectivity index (χ1n) is 4.34. The molecule has 1 heterocycles. The van der Waals surface area contributed by atoms with Crippen LogP contribution in [0.5, 0.6) is 0 Å². The fourth-order valence-corrected chi connectivity index (χ4v) is 1.45. The average molecular weight is 205 g/mol. The maximum absolute atomic E-state index is 13.4. The maximum Gasteiger partial charge on any atom is 0.341 e. The van der Waals surface area contributed by atoms with Gasteiger partial charge in [-0.3, -0.25) is 4.98 Å². The lowest BCUT2D eigenvalue weighted by Crippen LogP contribution is -2.05. The van der Waals surface area contributed by atoms with Crippen LogP contribution in [0.2, 0.25) is 0 Å². The summed E-state index contributed by atoms with van der Waals surface area (Å²) >= 11 is 0. The largest absolute Gasteiger partial charge is 0.465 e. The Hall–Kier alpha value is -1.97. The van der Waals surface area contributed by atoms with Crippen LogP contribution in [-0.2, 0) is 4.74 Å². The van der Waals surface area contributed by atoms with Gasteiger partial charge in [-0.25, -0.2) is 9.18 Å². The molecular weight excluding hydrogens is 197 g/mol. The molecule has 1 aromatic heterocycles. The van der Waals surface area contributed by atoms with E-state index in [1.54, 1.807) is 18.3 Å². The van der Waals surface area contributed by atoms with E-state index in [0.717, 1.165) is 0 Å². The van der Waals surface area contributed by atoms with Crippen LogP contribution in [0.25, 0.3) is 10.8 Å². The number of carbonyl (C=O) groups is 1. The van der Waals surface area contributed by atoms with Crippen molar-refractivity contribution in [2.75, 3.05) is 7.11 Å². The smallest absolute Gasteiger partial charge is 0.341 e. The van der Waals surface area contributed by atoms with Crippen LogP contribution in [0.1, 0.15) is 10.4 Å². The molecule has 3 nitrogen and oxygen atoms in total. The summed E-state index contributed by atoms with van der Waals surface area (Å²) in [5.41, 5.74) is -0.0441. The van der Waals surface area contributed by atoms with Crippen molar-refractivity contribution in [2.45, 2.75) is 0 Å². The van der Waals surface area contributed by atoms with Crippen LogP contribution < -0.4 is 0 Å². The van der Waals surface area contributed by atoms with Gasteiger partial charge in [0.25, 0.3) is 0 Å². The third kappa shape index (κ3) is 1.54. The predicted octanol–water partition coefficient (Wildman–Crippen LogP) is 2.16. The zero-order chi connectivity index (χ0) is 10.8. The van der Waals surface area contributed by atoms with Crippen molar-refractivity contribution in [3.8, 4) is 0 Å². The van der Waals surface area contributed by atoms with Crippen LogP contribution in [0.4, 0.5) is 4.39 Å². The average Bonchev–Trinajstić information content (AvgIpc) is 2.28. The summed E-state index contributed by atoms with van der Waals surface area (Å²) in [6.07, 6.45) is 3.08. The fraction of sp³-hybridized carbons (Fsp3) is 0.0909. The SMILES string of the molecule is COC(=O)c1c(F)ccc2cnccc12. The normalized spacial score (nSPS) is 10.3. The minimum atomic E-state index is -0.677. The summed E-state index contributed by atoms with van der Waals surface area (Å²) in [5, 5.41) is 1.22. The quantitative estimate of drug-likeness (QED) is 0.669. The molecule has 0 aliphatic carbocycles. The van der Waals surface area contributed by atoms with Crippen LogP contribution in [0, 0.1) is 5.82 Å². The van der Waals surface area contributed by atoms with Gasteiger partial charge in [0.1, 0.15) is 11.4 Å². The van der Waals surface area contributed by atoms with Crippen LogP contribution in [-0.4, -0.2) is 18.1 Å². The van der Waals surface area contributed by atoms with Crippen LogP contribution in [0.3, 0.4) is 0 Å². The summed E-state index contributed by atoms with van der Waals surface area (Å²) in [4.78, 5) is 15.3. The molecule has 0 N–H and O–H groups in total. The summed E-state index contributed by atoms with van der Waals surface area (Å²) in [7, 11) is 1.22. The summed E-state index contributed by atoms with van der Waals surface area (Å²) < 4.78 is 18.0. The van der Waals surface area contributed by atoms with Gasteiger partial charge in [-0.2, -0.15) is 0 Å². The lowest BCUT2D eigenvalue weighted by molar-refractivity contribution is 0.0598. The molecule has 1 aromatic carbocycles. The molecule has 0 radical (unpaired) electrons. The van der Waals surface area contributed by atoms with Crippen molar-refractivity contribution >= 4 is 16.7 Å². The number of aromatic nitrogens is 1. The van der Waals surface area contributed by atoms with E-state index < -0.39 is 11.8 Å². The number of ether oxygens (including phenoxy) is 1. The first-order chi connectivity index (χ1) is 7.24. The number of carbonyl (C=O) groups excluding carboxylic acids is 1. The Morgan fingerprint density at radius 1 is 1.40 bits per heavy atom. The first kappa shape index (κ1) is 9.58. The summed E-state index contributed by atoms with van der Waals surface area (Å²) in [6, 6.07) is 4.39. The van der Waals surface area contributed by atoms with Gasteiger partial charge >= 0.3 is 5.97 Å². The molecule has 2 aromatic rings. The zero-order valence-corrected chi connectivity index (χ0v) is 8.03. The van der Waals surface area contributed by atoms with Gasteiger partial charge in [0, 0.05) is 23.2 Å². The molecule has 0 bridgehead atoms. The number of benzene rings is 1. The fourth-order valence-electron chi connectivity index (χ4n) is 1.45. The zero-order valence-electron chi connectivity index (χ0n) is 8.03. The molecule has 2 rings (SSSR count). The van der Waals surface area contributed by atoms with Gasteiger partial charge < -0.3 is 4.74 Å². The van der Waals surface area contributed by atoms with Gasteiger partial charge in [0.05, 0.1) is 7.11 Å². The number of methoxy groups -OCH3 is 1. The summed E-state index contributed by atoms with van der Waals surface area (Å²) in [5.74, 6) is -1.26. The van der Waals surface area contributed by atoms with E-state index >= 15 is 0 Å². The second-order valence-electron chi connectivity index (χ2n) is 3.01. The minimum Gasteiger partial charge on any atom is -0.465 e. The summed E-state index contributed by atoms with van der Waals surface area (Å²) in [6.45, 7) is 0. The number of hydrogen-bond donors (Lipinski definition) is 0. The lowest BCUT2D eigenvalue weighted by Gasteiger charge is -2.05. The predicted molar refractivity (Wildman–Crippen MR) is 53.0 cm³/mol. The molecule has 0 amide bonds. The number of pyridine rings is 1. The Kier molecular flexibility index (Phi) is 2.33. The van der Waals surface area contributed by atoms with Crippen molar-refractivity contribution < 1.29 is 13.9 Å². The highest BCUT2D eigenvalue weighted by atomic mass is 19.1. The third-order valence-electron chi connectivity index (χ3n) is 2.16. The van der Waals surface area contributed by atoms with E-state index in [2.05, 4.69) is 9.72 Å². The highest BCUT2D eigenvalue weighted by Gasteiger charge is 2.15. The molecule has 0 aliphatic rings. The highest BCUT2D eigenvalue weighted by molar-refractivity contribution is 6.04. The standard InChI is InChI=1S/C11H8FNO2/c1-15-11(14)10-8-4-5-13-6-7(8)2-3-9(10)12/h2-6H,1H3. The molecule has 15 heavy (non-hydrogen) atoms. The molecule has 0 fully saturated rings. The Bertz CT molecular complexity index is 525. The minimum absolute atomic E-state index is 0.0441. The molecule has 76 valence electrons. The van der Waals surface area contributed by atoms with Crippen molar-refractivity contribution in [3.05, 3.63) is 42.0 Å². The van der Waals surface area contributed by atoms with Crippen molar-refractivity contribution in [1.29, 1.82) is 0 Å². The molecule has 0 spiro atoms. The molecule has 4 heteroatoms. The maximum atomic E-state index is 13.4. The number of halogens is 1. The molecule has 0 unspecified atom stereocenters. The van der Waals surface area contributed by atoms with Gasteiger partial charge in [-0.05, 0) is 18.2 Å². The van der Waals surface area contributed by atoms with E-state index in [9.17, 15) is 9.18 Å². The Labute approximate surface area is 85.5 Å². The topological polar surface area (TPSA) is 39.2 Å². The molecule has 0 atom stereocenters. The van der Waals surface area contributed by atoms with E-state index in [1.807, 2.05) is 0 Å². The second-order valence-corrected chi connectivity index (χ2v) is 3.01. The van der Waals surface area contributed by atoms with E-state index in [1.165, 1.54) is 19.4 Å². The number of nitrogens with zero attached hydrogens (tertiary/aromatic N) is 1. The number of esters is 1. The van der Waals surface area contributed by atoms with Crippen LogP contribution in [0.15, 0.2) is 30.6 Å². The van der Waals surface area contributed by atoms with Crippen molar-refractivity contribution in [3.63, 3.8) is 0 Å². The van der Waals surface area contributed by atoms with Gasteiger partial charge in [0.15, 0.2) is 0 Å². The monoisotopic (exact) mass is 205 g/mol. The third-order valence-corrected chi connectivity index (χ3v) is 2.16. The number of rotatable bonds is 1. The molecular formula is C11H8FNO2. The van der Waals surface area contributed by atoms with E-state index in [0.29, 0.717) is 10.8 Å². The lowest BCUT2D eigenvalue weighted by atomic mass is 10.1. The Morgan fingerprint density at radius 3 is 2.93 bits per heavy atom. The van der Waals surface area contributed by atoms with E-state index in [4.69, 9.17) is 0 Å². The van der Waals surface area contributed by atoms with Gasteiger partial charge in [0.2, 0.25) is 0 Å². The molecule has 0 saturated heterocycles. The molecule has 0 aliphatic heterocycles. The first-order valence-corrected chi connectivity index (χ1v) is 4.34. The van der Waals surface area contributed by atoms with Crippen LogP contribution >= 0.6 is 0 Å². The molecule has 0 saturated carbocycles. The number of fused-ring (bicyclic) bond motifs is 1. The van der Waals surface area contributed by atoms with Crippen molar-refractivity contribution in [2.24, 2.45) is 0 Å². The second kappa shape index (κ2) is 3.65.